The summed E-state index contributed by atoms with van der Waals surface area (Å²) in [7, 11) is 1.67. The highest BCUT2D eigenvalue weighted by atomic mass is 79.9. The van der Waals surface area contributed by atoms with Crippen molar-refractivity contribution in [3.05, 3.63) is 19.2 Å². The summed E-state index contributed by atoms with van der Waals surface area (Å²) in [4.78, 5) is 11.9. The lowest BCUT2D eigenvalue weighted by molar-refractivity contribution is 0.0141. The fourth-order valence-electron chi connectivity index (χ4n) is 1.18. The number of carbonyl (C=O) groups is 1. The molecule has 0 aliphatic carbocycles. The van der Waals surface area contributed by atoms with Crippen molar-refractivity contribution in [3.8, 4) is 0 Å². The second-order valence-electron chi connectivity index (χ2n) is 4.12. The van der Waals surface area contributed by atoms with Crippen molar-refractivity contribution in [2.45, 2.75) is 32.3 Å². The molecule has 1 rings (SSSR count). The second kappa shape index (κ2) is 5.76. The number of hydrogen-bond acceptors (Lipinski definition) is 3. The summed E-state index contributed by atoms with van der Waals surface area (Å²) in [6.07, 6.45) is 1.23. The quantitative estimate of drug-likeness (QED) is 0.705. The van der Waals surface area contributed by atoms with E-state index in [0.29, 0.717) is 6.42 Å². The molecule has 0 bridgehead atoms. The molecule has 0 atom stereocenters. The standard InChI is InChI=1S/C11H14Br2O2S/c1-11(2,15-3)5-4-8(14)7-6-9(12)16-10(7)13/h6H,4-5H2,1-3H3. The van der Waals surface area contributed by atoms with Crippen molar-refractivity contribution in [1.29, 1.82) is 0 Å². The molecule has 0 amide bonds. The number of Topliss-reactive ketones (excluding diaryl/α,β-unsaturated/α-hetero) is 1. The van der Waals surface area contributed by atoms with Gasteiger partial charge in [0.1, 0.15) is 0 Å². The largest absolute Gasteiger partial charge is 0.379 e. The molecule has 0 saturated carbocycles. The van der Waals surface area contributed by atoms with Crippen molar-refractivity contribution < 1.29 is 9.53 Å². The van der Waals surface area contributed by atoms with Crippen LogP contribution in [0.25, 0.3) is 0 Å². The lowest BCUT2D eigenvalue weighted by Crippen LogP contribution is -2.23. The zero-order valence-corrected chi connectivity index (χ0v) is 13.5. The summed E-state index contributed by atoms with van der Waals surface area (Å²) in [6.45, 7) is 3.97. The number of ketones is 1. The number of carbonyl (C=O) groups excluding carboxylic acids is 1. The molecule has 0 aliphatic heterocycles. The predicted molar refractivity (Wildman–Crippen MR) is 74.4 cm³/mol. The molecule has 1 aromatic rings. The van der Waals surface area contributed by atoms with Crippen LogP contribution in [-0.4, -0.2) is 18.5 Å². The first kappa shape index (κ1) is 14.4. The summed E-state index contributed by atoms with van der Waals surface area (Å²) >= 11 is 8.28. The Bertz CT molecular complexity index is 385. The Balaban J connectivity index is 2.63. The Kier molecular flexibility index (Phi) is 5.16. The van der Waals surface area contributed by atoms with E-state index >= 15 is 0 Å². The van der Waals surface area contributed by atoms with Crippen LogP contribution >= 0.6 is 43.2 Å². The fourth-order valence-corrected chi connectivity index (χ4v) is 4.04. The monoisotopic (exact) mass is 368 g/mol. The SMILES string of the molecule is COC(C)(C)CCC(=O)c1cc(Br)sc1Br. The Labute approximate surface area is 117 Å². The van der Waals surface area contributed by atoms with Crippen LogP contribution in [-0.2, 0) is 4.74 Å². The maximum atomic E-state index is 11.9. The van der Waals surface area contributed by atoms with Gasteiger partial charge in [-0.3, -0.25) is 4.79 Å². The molecule has 0 unspecified atom stereocenters. The summed E-state index contributed by atoms with van der Waals surface area (Å²) in [5.74, 6) is 0.152. The van der Waals surface area contributed by atoms with Gasteiger partial charge in [-0.25, -0.2) is 0 Å². The first-order chi connectivity index (χ1) is 7.35. The molecule has 2 nitrogen and oxygen atoms in total. The van der Waals surface area contributed by atoms with E-state index in [2.05, 4.69) is 31.9 Å². The van der Waals surface area contributed by atoms with Crippen LogP contribution < -0.4 is 0 Å². The maximum Gasteiger partial charge on any atom is 0.165 e. The number of hydrogen-bond donors (Lipinski definition) is 0. The average Bonchev–Trinajstić information content (AvgIpc) is 2.54. The van der Waals surface area contributed by atoms with Gasteiger partial charge in [-0.15, -0.1) is 11.3 Å². The summed E-state index contributed by atoms with van der Waals surface area (Å²) < 4.78 is 7.14. The van der Waals surface area contributed by atoms with Gasteiger partial charge in [-0.1, -0.05) is 0 Å². The minimum atomic E-state index is -0.241. The van der Waals surface area contributed by atoms with Crippen molar-refractivity contribution in [1.82, 2.24) is 0 Å². The highest BCUT2D eigenvalue weighted by molar-refractivity contribution is 9.12. The smallest absolute Gasteiger partial charge is 0.165 e. The number of halogens is 2. The lowest BCUT2D eigenvalue weighted by atomic mass is 9.99. The van der Waals surface area contributed by atoms with Gasteiger partial charge >= 0.3 is 0 Å². The topological polar surface area (TPSA) is 26.3 Å². The van der Waals surface area contributed by atoms with Gasteiger partial charge in [-0.2, -0.15) is 0 Å². The summed E-state index contributed by atoms with van der Waals surface area (Å²) in [6, 6.07) is 1.86. The van der Waals surface area contributed by atoms with Gasteiger partial charge in [-0.05, 0) is 58.2 Å². The van der Waals surface area contributed by atoms with Gasteiger partial charge in [0.15, 0.2) is 5.78 Å². The van der Waals surface area contributed by atoms with Gasteiger partial charge in [0, 0.05) is 19.1 Å². The molecule has 0 radical (unpaired) electrons. The van der Waals surface area contributed by atoms with E-state index in [4.69, 9.17) is 4.74 Å². The number of rotatable bonds is 5. The third-order valence-corrected chi connectivity index (χ3v) is 4.80. The molecular weight excluding hydrogens is 356 g/mol. The minimum absolute atomic E-state index is 0.152. The fraction of sp³-hybridized carbons (Fsp3) is 0.545. The molecular formula is C11H14Br2O2S. The van der Waals surface area contributed by atoms with Gasteiger partial charge in [0.2, 0.25) is 0 Å². The third kappa shape index (κ3) is 3.95. The zero-order chi connectivity index (χ0) is 12.3. The van der Waals surface area contributed by atoms with Crippen LogP contribution in [0.3, 0.4) is 0 Å². The average molecular weight is 370 g/mol. The molecule has 16 heavy (non-hydrogen) atoms. The number of thiophene rings is 1. The predicted octanol–water partition coefficient (Wildman–Crippen LogP) is 4.66. The van der Waals surface area contributed by atoms with Crippen molar-refractivity contribution in [3.63, 3.8) is 0 Å². The van der Waals surface area contributed by atoms with Crippen molar-refractivity contribution in [2.24, 2.45) is 0 Å². The van der Waals surface area contributed by atoms with E-state index in [1.54, 1.807) is 7.11 Å². The van der Waals surface area contributed by atoms with Crippen molar-refractivity contribution in [2.75, 3.05) is 7.11 Å². The van der Waals surface area contributed by atoms with Crippen LogP contribution in [0.5, 0.6) is 0 Å². The van der Waals surface area contributed by atoms with Gasteiger partial charge in [0.25, 0.3) is 0 Å². The highest BCUT2D eigenvalue weighted by Gasteiger charge is 2.20. The molecule has 5 heteroatoms. The minimum Gasteiger partial charge on any atom is -0.379 e. The van der Waals surface area contributed by atoms with E-state index in [0.717, 1.165) is 19.6 Å². The third-order valence-electron chi connectivity index (χ3n) is 2.46. The molecule has 0 spiro atoms. The van der Waals surface area contributed by atoms with Crippen LogP contribution in [0, 0.1) is 0 Å². The molecule has 90 valence electrons. The van der Waals surface area contributed by atoms with Crippen LogP contribution in [0.2, 0.25) is 0 Å². The van der Waals surface area contributed by atoms with E-state index in [-0.39, 0.29) is 11.4 Å². The normalized spacial score (nSPS) is 11.8. The Morgan fingerprint density at radius 3 is 2.56 bits per heavy atom. The van der Waals surface area contributed by atoms with Crippen LogP contribution in [0.15, 0.2) is 13.6 Å². The van der Waals surface area contributed by atoms with Crippen LogP contribution in [0.4, 0.5) is 0 Å². The van der Waals surface area contributed by atoms with E-state index in [9.17, 15) is 4.79 Å². The maximum absolute atomic E-state index is 11.9. The molecule has 1 aromatic heterocycles. The zero-order valence-electron chi connectivity index (χ0n) is 9.47. The lowest BCUT2D eigenvalue weighted by Gasteiger charge is -2.22. The van der Waals surface area contributed by atoms with Crippen LogP contribution in [0.1, 0.15) is 37.0 Å². The molecule has 0 aromatic carbocycles. The number of ether oxygens (including phenoxy) is 1. The van der Waals surface area contributed by atoms with Gasteiger partial charge in [0.05, 0.1) is 13.2 Å². The summed E-state index contributed by atoms with van der Waals surface area (Å²) in [5, 5.41) is 0. The Morgan fingerprint density at radius 1 is 1.50 bits per heavy atom. The van der Waals surface area contributed by atoms with E-state index in [1.165, 1.54) is 11.3 Å². The van der Waals surface area contributed by atoms with E-state index in [1.807, 2.05) is 19.9 Å². The number of methoxy groups -OCH3 is 1. The first-order valence-electron chi connectivity index (χ1n) is 4.89. The molecule has 0 saturated heterocycles. The molecule has 0 aliphatic rings. The molecule has 0 N–H and O–H groups in total. The second-order valence-corrected chi connectivity index (χ2v) is 7.87. The first-order valence-corrected chi connectivity index (χ1v) is 7.29. The van der Waals surface area contributed by atoms with E-state index < -0.39 is 0 Å². The Morgan fingerprint density at radius 2 is 2.12 bits per heavy atom. The van der Waals surface area contributed by atoms with Crippen molar-refractivity contribution >= 4 is 49.0 Å². The highest BCUT2D eigenvalue weighted by Crippen LogP contribution is 2.33. The molecule has 0 fully saturated rings. The Hall–Kier alpha value is 0.290. The summed E-state index contributed by atoms with van der Waals surface area (Å²) in [5.41, 5.74) is 0.513. The van der Waals surface area contributed by atoms with Gasteiger partial charge < -0.3 is 4.74 Å². The molecule has 1 heterocycles.